The minimum absolute atomic E-state index is 0.109. The molecule has 0 unspecified atom stereocenters. The lowest BCUT2D eigenvalue weighted by Crippen LogP contribution is -2.22. The second kappa shape index (κ2) is 10.5. The Kier molecular flexibility index (Phi) is 8.32. The van der Waals surface area contributed by atoms with Gasteiger partial charge in [-0.25, -0.2) is 4.99 Å². The van der Waals surface area contributed by atoms with Gasteiger partial charge in [-0.2, -0.15) is 5.10 Å². The van der Waals surface area contributed by atoms with Crippen LogP contribution in [0.5, 0.6) is 0 Å². The number of benzene rings is 2. The summed E-state index contributed by atoms with van der Waals surface area (Å²) >= 11 is 5.98. The highest BCUT2D eigenvalue weighted by atomic mass is 35.5. The highest BCUT2D eigenvalue weighted by molar-refractivity contribution is 6.31. The van der Waals surface area contributed by atoms with Crippen LogP contribution in [0.4, 0.5) is 5.69 Å². The molecule has 9 heteroatoms. The Morgan fingerprint density at radius 3 is 2.35 bits per heavy atom. The van der Waals surface area contributed by atoms with Gasteiger partial charge in [0.15, 0.2) is 11.7 Å². The molecule has 0 amide bonds. The summed E-state index contributed by atoms with van der Waals surface area (Å²) in [5.41, 5.74) is 19.2. The number of carbonyl (C=O) groups is 1. The third-order valence-corrected chi connectivity index (χ3v) is 2.95. The second-order valence-electron chi connectivity index (χ2n) is 4.98. The van der Waals surface area contributed by atoms with Crippen LogP contribution < -0.4 is 22.6 Å². The van der Waals surface area contributed by atoms with E-state index in [-0.39, 0.29) is 17.6 Å². The van der Waals surface area contributed by atoms with Gasteiger partial charge in [-0.15, -0.1) is 0 Å². The summed E-state index contributed by atoms with van der Waals surface area (Å²) < 4.78 is 0. The van der Waals surface area contributed by atoms with Crippen LogP contribution >= 0.6 is 11.6 Å². The maximum Gasteiger partial charge on any atom is 0.195 e. The third kappa shape index (κ3) is 7.45. The lowest BCUT2D eigenvalue weighted by atomic mass is 10.0. The molecule has 2 rings (SSSR count). The lowest BCUT2D eigenvalue weighted by Gasteiger charge is -2.08. The molecule has 136 valence electrons. The predicted molar refractivity (Wildman–Crippen MR) is 107 cm³/mol. The maximum absolute atomic E-state index is 12.5. The molecule has 0 bridgehead atoms. The van der Waals surface area contributed by atoms with Crippen molar-refractivity contribution in [3.63, 3.8) is 0 Å². The number of ketones is 1. The van der Waals surface area contributed by atoms with Crippen LogP contribution in [0.15, 0.2) is 58.6 Å². The standard InChI is InChI=1S/C15H14ClN5O.C2H6N2/c16-11-6-7-13(21-20-9-19-15(17)18)12(8-11)14(22)10-4-2-1-3-5-10;1-2(3)4/h1-9,21H,(H4,17,18,19,20);1H3,(H3,3,4). The molecule has 0 spiro atoms. The zero-order chi connectivity index (χ0) is 19.5. The van der Waals surface area contributed by atoms with Gasteiger partial charge in [-0.05, 0) is 25.1 Å². The molecule has 0 aliphatic rings. The third-order valence-electron chi connectivity index (χ3n) is 2.71. The molecule has 0 aliphatic heterocycles. The molecule has 26 heavy (non-hydrogen) atoms. The van der Waals surface area contributed by atoms with Crippen LogP contribution in [0.25, 0.3) is 0 Å². The Balaban J connectivity index is 0.000000765. The first-order valence-electron chi connectivity index (χ1n) is 7.37. The molecule has 8 nitrogen and oxygen atoms in total. The molecule has 0 atom stereocenters. The zero-order valence-corrected chi connectivity index (χ0v) is 14.9. The van der Waals surface area contributed by atoms with E-state index in [0.29, 0.717) is 21.8 Å². The Hall–Kier alpha value is -3.39. The minimum atomic E-state index is -0.164. The number of hydrogen-bond acceptors (Lipinski definition) is 4. The van der Waals surface area contributed by atoms with Gasteiger partial charge in [-0.3, -0.25) is 15.6 Å². The van der Waals surface area contributed by atoms with E-state index >= 15 is 0 Å². The molecule has 0 aliphatic carbocycles. The van der Waals surface area contributed by atoms with Crippen molar-refractivity contribution in [2.75, 3.05) is 5.43 Å². The molecule has 0 radical (unpaired) electrons. The molecule has 2 aromatic rings. The van der Waals surface area contributed by atoms with Crippen LogP contribution in [0, 0.1) is 5.41 Å². The lowest BCUT2D eigenvalue weighted by molar-refractivity contribution is 0.103. The summed E-state index contributed by atoms with van der Waals surface area (Å²) in [6, 6.07) is 13.8. The molecular weight excluding hydrogens is 354 g/mol. The molecular formula is C17H20ClN7O. The fourth-order valence-corrected chi connectivity index (χ4v) is 1.91. The van der Waals surface area contributed by atoms with Gasteiger partial charge in [0.05, 0.1) is 11.5 Å². The quantitative estimate of drug-likeness (QED) is 0.235. The SMILES string of the molecule is CC(=N)N.NC(N)=NC=NNc1ccc(Cl)cc1C(=O)c1ccccc1. The fraction of sp³-hybridized carbons (Fsp3) is 0.0588. The fourth-order valence-electron chi connectivity index (χ4n) is 1.74. The van der Waals surface area contributed by atoms with E-state index in [9.17, 15) is 4.79 Å². The number of anilines is 1. The number of guanidine groups is 1. The van der Waals surface area contributed by atoms with Gasteiger partial charge < -0.3 is 17.2 Å². The average molecular weight is 374 g/mol. The molecule has 0 fully saturated rings. The maximum atomic E-state index is 12.5. The topological polar surface area (TPSA) is 156 Å². The smallest absolute Gasteiger partial charge is 0.195 e. The van der Waals surface area contributed by atoms with Gasteiger partial charge in [0.25, 0.3) is 0 Å². The van der Waals surface area contributed by atoms with Crippen LogP contribution in [0.2, 0.25) is 5.02 Å². The summed E-state index contributed by atoms with van der Waals surface area (Å²) in [6.07, 6.45) is 1.15. The highest BCUT2D eigenvalue weighted by Crippen LogP contribution is 2.23. The first kappa shape index (κ1) is 20.7. The van der Waals surface area contributed by atoms with Crippen molar-refractivity contribution < 1.29 is 4.79 Å². The van der Waals surface area contributed by atoms with E-state index < -0.39 is 0 Å². The molecule has 8 N–H and O–H groups in total. The number of hydrazone groups is 1. The van der Waals surface area contributed by atoms with Gasteiger partial charge in [0.2, 0.25) is 0 Å². The van der Waals surface area contributed by atoms with Crippen molar-refractivity contribution in [1.82, 2.24) is 0 Å². The van der Waals surface area contributed by atoms with Crippen LogP contribution in [0.3, 0.4) is 0 Å². The summed E-state index contributed by atoms with van der Waals surface area (Å²) in [4.78, 5) is 16.1. The second-order valence-corrected chi connectivity index (χ2v) is 5.41. The number of halogens is 1. The van der Waals surface area contributed by atoms with Crippen molar-refractivity contribution >= 4 is 41.2 Å². The van der Waals surface area contributed by atoms with Crippen LogP contribution in [-0.2, 0) is 0 Å². The van der Waals surface area contributed by atoms with Crippen molar-refractivity contribution in [2.45, 2.75) is 6.92 Å². The van der Waals surface area contributed by atoms with E-state index in [1.54, 1.807) is 42.5 Å². The normalized spacial score (nSPS) is 9.77. The van der Waals surface area contributed by atoms with Crippen molar-refractivity contribution in [1.29, 1.82) is 5.41 Å². The largest absolute Gasteiger partial charge is 0.388 e. The molecule has 0 saturated carbocycles. The molecule has 0 aromatic heterocycles. The average Bonchev–Trinajstić information content (AvgIpc) is 2.59. The number of nitrogens with two attached hydrogens (primary N) is 3. The molecule has 0 heterocycles. The Labute approximate surface area is 156 Å². The minimum Gasteiger partial charge on any atom is -0.388 e. The number of carbonyl (C=O) groups excluding carboxylic acids is 1. The van der Waals surface area contributed by atoms with E-state index in [1.807, 2.05) is 6.07 Å². The van der Waals surface area contributed by atoms with Gasteiger partial charge in [-0.1, -0.05) is 41.9 Å². The summed E-state index contributed by atoms with van der Waals surface area (Å²) in [7, 11) is 0. The number of aliphatic imine (C=N–C) groups is 1. The summed E-state index contributed by atoms with van der Waals surface area (Å²) in [6.45, 7) is 1.53. The number of amidine groups is 1. The first-order chi connectivity index (χ1) is 12.3. The predicted octanol–water partition coefficient (Wildman–Crippen LogP) is 2.14. The van der Waals surface area contributed by atoms with Crippen molar-refractivity contribution in [3.05, 3.63) is 64.7 Å². The summed E-state index contributed by atoms with van der Waals surface area (Å²) in [5, 5.41) is 10.6. The van der Waals surface area contributed by atoms with Gasteiger partial charge >= 0.3 is 0 Å². The number of hydrogen-bond donors (Lipinski definition) is 5. The number of rotatable bonds is 5. The van der Waals surface area contributed by atoms with Crippen molar-refractivity contribution in [3.8, 4) is 0 Å². The van der Waals surface area contributed by atoms with Crippen LogP contribution in [-0.4, -0.2) is 23.9 Å². The zero-order valence-electron chi connectivity index (χ0n) is 14.1. The van der Waals surface area contributed by atoms with Crippen LogP contribution in [0.1, 0.15) is 22.8 Å². The molecule has 0 saturated heterocycles. The van der Waals surface area contributed by atoms with E-state index in [4.69, 9.17) is 34.2 Å². The number of nitrogens with zero attached hydrogens (tertiary/aromatic N) is 2. The van der Waals surface area contributed by atoms with E-state index in [1.165, 1.54) is 6.92 Å². The Morgan fingerprint density at radius 1 is 1.15 bits per heavy atom. The first-order valence-corrected chi connectivity index (χ1v) is 7.75. The monoisotopic (exact) mass is 373 g/mol. The van der Waals surface area contributed by atoms with Gasteiger partial charge in [0.1, 0.15) is 6.34 Å². The Morgan fingerprint density at radius 2 is 1.77 bits per heavy atom. The van der Waals surface area contributed by atoms with Crippen molar-refractivity contribution in [2.24, 2.45) is 27.3 Å². The summed E-state index contributed by atoms with van der Waals surface area (Å²) in [5.74, 6) is -0.107. The van der Waals surface area contributed by atoms with Gasteiger partial charge in [0, 0.05) is 16.1 Å². The molecule has 2 aromatic carbocycles. The Bertz CT molecular complexity index is 811. The highest BCUT2D eigenvalue weighted by Gasteiger charge is 2.13. The number of nitrogens with one attached hydrogen (secondary N) is 2. The van der Waals surface area contributed by atoms with E-state index in [2.05, 4.69) is 15.5 Å². The van der Waals surface area contributed by atoms with E-state index in [0.717, 1.165) is 6.34 Å².